The molecule has 0 saturated heterocycles. The number of hydrogen-bond donors (Lipinski definition) is 1. The number of amides is 2. The summed E-state index contributed by atoms with van der Waals surface area (Å²) in [5, 5.41) is 2.67. The number of carbonyl (C=O) groups excluding carboxylic acids is 2. The first kappa shape index (κ1) is 19.4. The monoisotopic (exact) mass is 352 g/mol. The molecule has 0 radical (unpaired) electrons. The molecule has 0 heterocycles. The summed E-state index contributed by atoms with van der Waals surface area (Å²) in [7, 11) is 1.65. The van der Waals surface area contributed by atoms with E-state index in [9.17, 15) is 9.59 Å². The van der Waals surface area contributed by atoms with Gasteiger partial charge in [0.1, 0.15) is 0 Å². The van der Waals surface area contributed by atoms with Crippen molar-refractivity contribution in [2.45, 2.75) is 13.3 Å². The number of aryl methyl sites for hydroxylation is 1. The summed E-state index contributed by atoms with van der Waals surface area (Å²) in [4.78, 5) is 26.1. The van der Waals surface area contributed by atoms with E-state index in [1.807, 2.05) is 31.2 Å². The predicted octanol–water partition coefficient (Wildman–Crippen LogP) is 3.80. The lowest BCUT2D eigenvalue weighted by Gasteiger charge is -2.23. The van der Waals surface area contributed by atoms with E-state index in [0.29, 0.717) is 24.4 Å². The zero-order valence-corrected chi connectivity index (χ0v) is 15.2. The number of hydrogen-bond acceptors (Lipinski definition) is 3. The Morgan fingerprint density at radius 3 is 2.35 bits per heavy atom. The zero-order chi connectivity index (χ0) is 18.9. The highest BCUT2D eigenvalue weighted by atomic mass is 16.5. The first-order valence-electron chi connectivity index (χ1n) is 8.46. The Morgan fingerprint density at radius 2 is 1.77 bits per heavy atom. The van der Waals surface area contributed by atoms with Gasteiger partial charge in [0.2, 0.25) is 5.91 Å². The van der Waals surface area contributed by atoms with Crippen LogP contribution in [0.15, 0.2) is 61.2 Å². The molecule has 2 aromatic rings. The lowest BCUT2D eigenvalue weighted by Crippen LogP contribution is -2.32. The molecule has 2 amide bonds. The van der Waals surface area contributed by atoms with Crippen LogP contribution in [0.5, 0.6) is 0 Å². The number of nitrogens with one attached hydrogen (secondary N) is 1. The molecule has 26 heavy (non-hydrogen) atoms. The number of anilines is 2. The Morgan fingerprint density at radius 1 is 1.12 bits per heavy atom. The molecule has 0 saturated carbocycles. The topological polar surface area (TPSA) is 58.6 Å². The average molecular weight is 352 g/mol. The first-order chi connectivity index (χ1) is 12.5. The van der Waals surface area contributed by atoms with Gasteiger partial charge in [-0.25, -0.2) is 0 Å². The summed E-state index contributed by atoms with van der Waals surface area (Å²) in [5.41, 5.74) is 3.16. The molecule has 0 fully saturated rings. The minimum atomic E-state index is -0.287. The maximum absolute atomic E-state index is 13.0. The molecule has 2 aromatic carbocycles. The highest BCUT2D eigenvalue weighted by Crippen LogP contribution is 2.20. The van der Waals surface area contributed by atoms with E-state index in [-0.39, 0.29) is 11.8 Å². The summed E-state index contributed by atoms with van der Waals surface area (Å²) in [6.45, 7) is 6.57. The van der Waals surface area contributed by atoms with E-state index in [4.69, 9.17) is 4.74 Å². The molecule has 136 valence electrons. The molecule has 0 aliphatic heterocycles. The van der Waals surface area contributed by atoms with Gasteiger partial charge in [-0.1, -0.05) is 24.3 Å². The Balaban J connectivity index is 2.20. The van der Waals surface area contributed by atoms with Gasteiger partial charge in [0.15, 0.2) is 0 Å². The minimum Gasteiger partial charge on any atom is -0.385 e. The Kier molecular flexibility index (Phi) is 7.12. The highest BCUT2D eigenvalue weighted by Gasteiger charge is 2.17. The number of rotatable bonds is 8. The van der Waals surface area contributed by atoms with Crippen LogP contribution >= 0.6 is 0 Å². The number of nitrogens with zero attached hydrogens (tertiary/aromatic N) is 1. The van der Waals surface area contributed by atoms with Crippen molar-refractivity contribution >= 4 is 23.2 Å². The summed E-state index contributed by atoms with van der Waals surface area (Å²) >= 11 is 0. The fourth-order valence-electron chi connectivity index (χ4n) is 2.48. The SMILES string of the molecule is C=CC(=O)Nc1ccc(C(=O)N(CCCOC)c2ccc(C)cc2)cc1. The summed E-state index contributed by atoms with van der Waals surface area (Å²) in [6, 6.07) is 14.7. The first-order valence-corrected chi connectivity index (χ1v) is 8.46. The third-order valence-electron chi connectivity index (χ3n) is 3.91. The molecule has 0 atom stereocenters. The van der Waals surface area contributed by atoms with Crippen molar-refractivity contribution in [1.82, 2.24) is 0 Å². The Bertz CT molecular complexity index is 752. The van der Waals surface area contributed by atoms with Crippen molar-refractivity contribution in [3.63, 3.8) is 0 Å². The maximum atomic E-state index is 13.0. The third kappa shape index (κ3) is 5.29. The molecule has 0 aliphatic carbocycles. The van der Waals surface area contributed by atoms with Crippen LogP contribution in [0.1, 0.15) is 22.3 Å². The summed E-state index contributed by atoms with van der Waals surface area (Å²) in [6.07, 6.45) is 1.94. The van der Waals surface area contributed by atoms with Gasteiger partial charge < -0.3 is 15.0 Å². The van der Waals surface area contributed by atoms with Gasteiger partial charge >= 0.3 is 0 Å². The van der Waals surface area contributed by atoms with E-state index in [2.05, 4.69) is 11.9 Å². The molecule has 0 spiro atoms. The van der Waals surface area contributed by atoms with E-state index >= 15 is 0 Å². The van der Waals surface area contributed by atoms with Crippen LogP contribution in [0.2, 0.25) is 0 Å². The molecule has 0 aromatic heterocycles. The van der Waals surface area contributed by atoms with Crippen molar-refractivity contribution in [2.75, 3.05) is 30.5 Å². The van der Waals surface area contributed by atoms with Gasteiger partial charge in [-0.05, 0) is 55.8 Å². The highest BCUT2D eigenvalue weighted by molar-refractivity contribution is 6.06. The molecular weight excluding hydrogens is 328 g/mol. The van der Waals surface area contributed by atoms with Crippen LogP contribution in [-0.2, 0) is 9.53 Å². The number of methoxy groups -OCH3 is 1. The van der Waals surface area contributed by atoms with Gasteiger partial charge in [-0.2, -0.15) is 0 Å². The van der Waals surface area contributed by atoms with E-state index < -0.39 is 0 Å². The smallest absolute Gasteiger partial charge is 0.258 e. The van der Waals surface area contributed by atoms with Gasteiger partial charge in [0.25, 0.3) is 5.91 Å². The van der Waals surface area contributed by atoms with Crippen LogP contribution in [0.3, 0.4) is 0 Å². The Labute approximate surface area is 154 Å². The third-order valence-corrected chi connectivity index (χ3v) is 3.91. The molecule has 0 bridgehead atoms. The molecule has 5 nitrogen and oxygen atoms in total. The van der Waals surface area contributed by atoms with Crippen LogP contribution in [0.4, 0.5) is 11.4 Å². The van der Waals surface area contributed by atoms with Gasteiger partial charge in [-0.3, -0.25) is 9.59 Å². The second-order valence-electron chi connectivity index (χ2n) is 5.91. The lowest BCUT2D eigenvalue weighted by atomic mass is 10.1. The van der Waals surface area contributed by atoms with Crippen molar-refractivity contribution < 1.29 is 14.3 Å². The second-order valence-corrected chi connectivity index (χ2v) is 5.91. The number of carbonyl (C=O) groups is 2. The Hall–Kier alpha value is -2.92. The maximum Gasteiger partial charge on any atom is 0.258 e. The average Bonchev–Trinajstić information content (AvgIpc) is 2.66. The number of benzene rings is 2. The minimum absolute atomic E-state index is 0.0912. The van der Waals surface area contributed by atoms with Crippen LogP contribution in [0, 0.1) is 6.92 Å². The molecule has 0 aliphatic rings. The molecule has 0 unspecified atom stereocenters. The summed E-state index contributed by atoms with van der Waals surface area (Å²) < 4.78 is 5.11. The van der Waals surface area contributed by atoms with Gasteiger partial charge in [0, 0.05) is 37.2 Å². The fraction of sp³-hybridized carbons (Fsp3) is 0.238. The summed E-state index contributed by atoms with van der Waals surface area (Å²) in [5.74, 6) is -0.378. The standard InChI is InChI=1S/C21H24N2O3/c1-4-20(24)22-18-10-8-17(9-11-18)21(25)23(14-5-15-26-3)19-12-6-16(2)7-13-19/h4,6-13H,1,5,14-15H2,2-3H3,(H,22,24). The van der Waals surface area contributed by atoms with Crippen LogP contribution in [0.25, 0.3) is 0 Å². The van der Waals surface area contributed by atoms with Crippen molar-refractivity contribution in [3.05, 3.63) is 72.3 Å². The molecule has 5 heteroatoms. The van der Waals surface area contributed by atoms with Crippen LogP contribution in [-0.4, -0.2) is 32.1 Å². The fourth-order valence-corrected chi connectivity index (χ4v) is 2.48. The molecular formula is C21H24N2O3. The van der Waals surface area contributed by atoms with Gasteiger partial charge in [-0.15, -0.1) is 0 Å². The lowest BCUT2D eigenvalue weighted by molar-refractivity contribution is -0.111. The largest absolute Gasteiger partial charge is 0.385 e. The van der Waals surface area contributed by atoms with Crippen molar-refractivity contribution in [3.8, 4) is 0 Å². The van der Waals surface area contributed by atoms with Gasteiger partial charge in [0.05, 0.1) is 0 Å². The van der Waals surface area contributed by atoms with E-state index in [0.717, 1.165) is 17.7 Å². The predicted molar refractivity (Wildman–Crippen MR) is 105 cm³/mol. The quantitative estimate of drug-likeness (QED) is 0.581. The second kappa shape index (κ2) is 9.53. The van der Waals surface area contributed by atoms with E-state index in [1.54, 1.807) is 36.3 Å². The van der Waals surface area contributed by atoms with E-state index in [1.165, 1.54) is 6.08 Å². The number of ether oxygens (including phenoxy) is 1. The molecule has 1 N–H and O–H groups in total. The van der Waals surface area contributed by atoms with Crippen molar-refractivity contribution in [2.24, 2.45) is 0 Å². The van der Waals surface area contributed by atoms with Crippen LogP contribution < -0.4 is 10.2 Å². The normalized spacial score (nSPS) is 10.2. The zero-order valence-electron chi connectivity index (χ0n) is 15.2. The van der Waals surface area contributed by atoms with Crippen molar-refractivity contribution in [1.29, 1.82) is 0 Å². The molecule has 2 rings (SSSR count).